The SMILES string of the molecule is CC(C)C1=CC(Oc2c(Br)cc(N3N=C(C#N)C(=O)CC3=O)cc2Br)=NCC1=O. The first-order valence-corrected chi connectivity index (χ1v) is 10.1. The number of nitriles is 1. The van der Waals surface area contributed by atoms with Crippen LogP contribution in [-0.2, 0) is 14.4 Å². The number of aliphatic imine (C=N–C) groups is 1. The number of hydrogen-bond donors (Lipinski definition) is 0. The minimum atomic E-state index is -0.607. The molecule has 10 heteroatoms. The summed E-state index contributed by atoms with van der Waals surface area (Å²) in [5.41, 5.74) is 0.658. The highest BCUT2D eigenvalue weighted by Crippen LogP contribution is 2.39. The van der Waals surface area contributed by atoms with Crippen LogP contribution < -0.4 is 9.75 Å². The third kappa shape index (κ3) is 4.36. The van der Waals surface area contributed by atoms with E-state index in [4.69, 9.17) is 10.00 Å². The Morgan fingerprint density at radius 1 is 1.17 bits per heavy atom. The van der Waals surface area contributed by atoms with E-state index in [1.807, 2.05) is 13.8 Å². The van der Waals surface area contributed by atoms with E-state index in [1.165, 1.54) is 0 Å². The van der Waals surface area contributed by atoms with Crippen molar-refractivity contribution in [2.24, 2.45) is 16.0 Å². The van der Waals surface area contributed by atoms with E-state index < -0.39 is 18.1 Å². The first-order valence-electron chi connectivity index (χ1n) is 8.52. The van der Waals surface area contributed by atoms with E-state index in [-0.39, 0.29) is 24.0 Å². The van der Waals surface area contributed by atoms with E-state index in [9.17, 15) is 14.4 Å². The number of carbonyl (C=O) groups is 3. The molecular formula is C19H14Br2N4O4. The van der Waals surface area contributed by atoms with Crippen molar-refractivity contribution in [3.8, 4) is 11.8 Å². The second kappa shape index (κ2) is 8.39. The summed E-state index contributed by atoms with van der Waals surface area (Å²) < 4.78 is 6.83. The number of ketones is 2. The fraction of sp³-hybridized carbons (Fsp3) is 0.263. The van der Waals surface area contributed by atoms with Crippen LogP contribution in [0.5, 0.6) is 5.75 Å². The summed E-state index contributed by atoms with van der Waals surface area (Å²) in [6.07, 6.45) is 1.19. The minimum Gasteiger partial charge on any atom is -0.437 e. The zero-order valence-corrected chi connectivity index (χ0v) is 18.6. The standard InChI is InChI=1S/C19H14Br2N4O4/c1-9(2)11-5-17(23-8-16(11)27)29-19-12(20)3-10(4-13(19)21)25-18(28)6-15(26)14(7-22)24-25/h3-5,9H,6,8H2,1-2H3. The number of Topliss-reactive ketones (excluding diaryl/α,β-unsaturated/α-hetero) is 2. The Balaban J connectivity index is 1.92. The molecule has 2 heterocycles. The molecule has 0 bridgehead atoms. The monoisotopic (exact) mass is 520 g/mol. The molecule has 0 fully saturated rings. The maximum absolute atomic E-state index is 12.2. The van der Waals surface area contributed by atoms with Crippen molar-refractivity contribution in [2.45, 2.75) is 20.3 Å². The molecule has 0 unspecified atom stereocenters. The predicted octanol–water partition coefficient (Wildman–Crippen LogP) is 3.34. The van der Waals surface area contributed by atoms with Gasteiger partial charge in [0.25, 0.3) is 5.91 Å². The number of hydrogen-bond acceptors (Lipinski definition) is 7. The lowest BCUT2D eigenvalue weighted by molar-refractivity contribution is -0.124. The molecule has 148 valence electrons. The zero-order chi connectivity index (χ0) is 21.3. The molecule has 0 saturated heterocycles. The minimum absolute atomic E-state index is 0.0224. The lowest BCUT2D eigenvalue weighted by Gasteiger charge is -2.22. The number of dihydropyridines is 1. The lowest BCUT2D eigenvalue weighted by Crippen LogP contribution is -2.36. The van der Waals surface area contributed by atoms with Crippen LogP contribution in [0.3, 0.4) is 0 Å². The van der Waals surface area contributed by atoms with Crippen molar-refractivity contribution < 1.29 is 19.1 Å². The molecule has 8 nitrogen and oxygen atoms in total. The van der Waals surface area contributed by atoms with Crippen LogP contribution in [0.15, 0.2) is 42.8 Å². The van der Waals surface area contributed by atoms with Crippen LogP contribution >= 0.6 is 31.9 Å². The van der Waals surface area contributed by atoms with Crippen LogP contribution in [0.1, 0.15) is 20.3 Å². The van der Waals surface area contributed by atoms with Gasteiger partial charge in [0.1, 0.15) is 12.6 Å². The number of anilines is 1. The van der Waals surface area contributed by atoms with Crippen molar-refractivity contribution in [3.05, 3.63) is 32.7 Å². The Morgan fingerprint density at radius 3 is 2.41 bits per heavy atom. The number of rotatable bonds is 3. The quantitative estimate of drug-likeness (QED) is 0.566. The largest absolute Gasteiger partial charge is 0.437 e. The highest BCUT2D eigenvalue weighted by atomic mass is 79.9. The fourth-order valence-electron chi connectivity index (χ4n) is 2.72. The highest BCUT2D eigenvalue weighted by Gasteiger charge is 2.29. The summed E-state index contributed by atoms with van der Waals surface area (Å²) in [6.45, 7) is 3.86. The third-order valence-corrected chi connectivity index (χ3v) is 5.33. The van der Waals surface area contributed by atoms with Gasteiger partial charge in [0.05, 0.1) is 21.1 Å². The lowest BCUT2D eigenvalue weighted by atomic mass is 9.97. The Labute approximate surface area is 183 Å². The second-order valence-corrected chi connectivity index (χ2v) is 8.25. The molecule has 0 aromatic heterocycles. The van der Waals surface area contributed by atoms with Gasteiger partial charge < -0.3 is 4.74 Å². The smallest absolute Gasteiger partial charge is 0.255 e. The number of hydrazone groups is 1. The van der Waals surface area contributed by atoms with Crippen LogP contribution in [0.2, 0.25) is 0 Å². The molecule has 0 saturated carbocycles. The van der Waals surface area contributed by atoms with Crippen LogP contribution in [0.25, 0.3) is 0 Å². The molecule has 0 aliphatic carbocycles. The Hall–Kier alpha value is -2.64. The Bertz CT molecular complexity index is 1040. The number of halogens is 2. The number of amides is 1. The van der Waals surface area contributed by atoms with Gasteiger partial charge in [0, 0.05) is 11.6 Å². The fourth-order valence-corrected chi connectivity index (χ4v) is 4.04. The van der Waals surface area contributed by atoms with Crippen molar-refractivity contribution in [1.29, 1.82) is 5.26 Å². The molecule has 0 atom stereocenters. The molecule has 1 aromatic rings. The second-order valence-electron chi connectivity index (χ2n) is 6.54. The number of carbonyl (C=O) groups excluding carboxylic acids is 3. The first-order chi connectivity index (χ1) is 13.7. The van der Waals surface area contributed by atoms with Crippen LogP contribution in [-0.4, -0.2) is 35.6 Å². The molecule has 1 amide bonds. The topological polar surface area (TPSA) is 112 Å². The first kappa shape index (κ1) is 21.1. The van der Waals surface area contributed by atoms with Crippen molar-refractivity contribution in [3.63, 3.8) is 0 Å². The van der Waals surface area contributed by atoms with E-state index in [1.54, 1.807) is 24.3 Å². The predicted molar refractivity (Wildman–Crippen MR) is 113 cm³/mol. The molecule has 29 heavy (non-hydrogen) atoms. The maximum Gasteiger partial charge on any atom is 0.255 e. The van der Waals surface area contributed by atoms with Crippen LogP contribution in [0, 0.1) is 17.2 Å². The van der Waals surface area contributed by atoms with Crippen molar-refractivity contribution in [2.75, 3.05) is 11.6 Å². The van der Waals surface area contributed by atoms with Gasteiger partial charge in [-0.25, -0.2) is 4.99 Å². The molecule has 0 spiro atoms. The third-order valence-electron chi connectivity index (χ3n) is 4.15. The molecule has 3 rings (SSSR count). The molecule has 2 aliphatic heterocycles. The number of nitrogens with zero attached hydrogens (tertiary/aromatic N) is 4. The number of benzene rings is 1. The summed E-state index contributed by atoms with van der Waals surface area (Å²) in [4.78, 5) is 39.9. The average molecular weight is 522 g/mol. The summed E-state index contributed by atoms with van der Waals surface area (Å²) in [5, 5.41) is 13.8. The van der Waals surface area contributed by atoms with Gasteiger partial charge >= 0.3 is 0 Å². The van der Waals surface area contributed by atoms with E-state index in [0.717, 1.165) is 5.01 Å². The molecule has 0 radical (unpaired) electrons. The van der Waals surface area contributed by atoms with Gasteiger partial charge in [-0.2, -0.15) is 15.4 Å². The van der Waals surface area contributed by atoms with Gasteiger partial charge in [-0.05, 0) is 49.9 Å². The summed E-state index contributed by atoms with van der Waals surface area (Å²) in [5.74, 6) is -0.445. The van der Waals surface area contributed by atoms with Gasteiger partial charge in [-0.1, -0.05) is 13.8 Å². The van der Waals surface area contributed by atoms with Gasteiger partial charge in [-0.15, -0.1) is 0 Å². The van der Waals surface area contributed by atoms with E-state index in [0.29, 0.717) is 31.9 Å². The average Bonchev–Trinajstić information content (AvgIpc) is 2.65. The molecular weight excluding hydrogens is 508 g/mol. The van der Waals surface area contributed by atoms with Gasteiger partial charge in [0.2, 0.25) is 17.4 Å². The summed E-state index contributed by atoms with van der Waals surface area (Å²) >= 11 is 6.79. The van der Waals surface area contributed by atoms with Gasteiger partial charge in [-0.3, -0.25) is 14.4 Å². The zero-order valence-electron chi connectivity index (χ0n) is 15.4. The molecule has 1 aromatic carbocycles. The van der Waals surface area contributed by atoms with Crippen molar-refractivity contribution in [1.82, 2.24) is 0 Å². The number of ether oxygens (including phenoxy) is 1. The van der Waals surface area contributed by atoms with Gasteiger partial charge in [0.15, 0.2) is 11.5 Å². The van der Waals surface area contributed by atoms with E-state index >= 15 is 0 Å². The van der Waals surface area contributed by atoms with Crippen LogP contribution in [0.4, 0.5) is 5.69 Å². The Kier molecular flexibility index (Phi) is 6.10. The molecule has 2 aliphatic rings. The van der Waals surface area contributed by atoms with E-state index in [2.05, 4.69) is 42.0 Å². The summed E-state index contributed by atoms with van der Waals surface area (Å²) in [6, 6.07) is 4.85. The maximum atomic E-state index is 12.2. The highest BCUT2D eigenvalue weighted by molar-refractivity contribution is 9.11. The van der Waals surface area contributed by atoms with Crippen molar-refractivity contribution >= 4 is 66.6 Å². The normalized spacial score (nSPS) is 17.0. The summed E-state index contributed by atoms with van der Waals surface area (Å²) in [7, 11) is 0. The Morgan fingerprint density at radius 2 is 1.83 bits per heavy atom. The molecule has 0 N–H and O–H groups in total.